The number of piperidine rings is 1. The van der Waals surface area contributed by atoms with E-state index in [2.05, 4.69) is 38.2 Å². The Labute approximate surface area is 261 Å². The van der Waals surface area contributed by atoms with Crippen molar-refractivity contribution in [1.82, 2.24) is 5.06 Å². The number of ether oxygens (including phenoxy) is 4. The zero-order chi connectivity index (χ0) is 28.6. The van der Waals surface area contributed by atoms with E-state index in [9.17, 15) is 4.79 Å². The first kappa shape index (κ1) is 31.7. The molecule has 0 N–H and O–H groups in total. The summed E-state index contributed by atoms with van der Waals surface area (Å²) in [5, 5.41) is 1.91. The summed E-state index contributed by atoms with van der Waals surface area (Å²) >= 11 is 0. The maximum Gasteiger partial charge on any atom is 0.322 e. The quantitative estimate of drug-likeness (QED) is 0.254. The second-order valence-corrected chi connectivity index (χ2v) is 11.9. The van der Waals surface area contributed by atoms with Crippen LogP contribution in [0.25, 0.3) is 0 Å². The molecule has 5 rings (SSSR count). The molecule has 0 radical (unpaired) electrons. The molecule has 3 aliphatic heterocycles. The molecule has 1 fully saturated rings. The van der Waals surface area contributed by atoms with E-state index in [1.54, 1.807) is 28.4 Å². The van der Waals surface area contributed by atoms with Crippen LogP contribution in [-0.2, 0) is 22.5 Å². The van der Waals surface area contributed by atoms with E-state index >= 15 is 0 Å². The van der Waals surface area contributed by atoms with Crippen LogP contribution in [0.3, 0.4) is 0 Å². The summed E-state index contributed by atoms with van der Waals surface area (Å²) < 4.78 is 23.7. The number of halogens is 1. The third-order valence-electron chi connectivity index (χ3n) is 9.74. The highest BCUT2D eigenvalue weighted by atomic mass is 127. The second kappa shape index (κ2) is 13.0. The molecule has 4 unspecified atom stereocenters. The van der Waals surface area contributed by atoms with Crippen molar-refractivity contribution >= 4 is 29.9 Å². The van der Waals surface area contributed by atoms with E-state index in [0.717, 1.165) is 66.9 Å². The first-order valence-corrected chi connectivity index (χ1v) is 14.5. The van der Waals surface area contributed by atoms with Gasteiger partial charge in [-0.25, -0.2) is 0 Å². The van der Waals surface area contributed by atoms with Crippen molar-refractivity contribution in [2.45, 2.75) is 58.0 Å². The van der Waals surface area contributed by atoms with Crippen molar-refractivity contribution in [3.8, 4) is 23.0 Å². The minimum atomic E-state index is -0.281. The van der Waals surface area contributed by atoms with E-state index in [1.165, 1.54) is 29.2 Å². The first-order chi connectivity index (χ1) is 19.2. The summed E-state index contributed by atoms with van der Waals surface area (Å²) in [6.45, 7) is 6.73. The van der Waals surface area contributed by atoms with Crippen LogP contribution in [0.2, 0.25) is 0 Å². The lowest BCUT2D eigenvalue weighted by Gasteiger charge is -2.54. The maximum absolute atomic E-state index is 12.2. The largest absolute Gasteiger partial charge is 0.493 e. The number of carbonyl (C=O) groups excluding carboxylic acids is 1. The third-order valence-corrected chi connectivity index (χ3v) is 9.74. The molecular formula is C32H46IN2O6+. The van der Waals surface area contributed by atoms with Gasteiger partial charge in [-0.15, -0.1) is 29.0 Å². The molecule has 3 aliphatic rings. The van der Waals surface area contributed by atoms with Crippen LogP contribution in [0.15, 0.2) is 24.3 Å². The smallest absolute Gasteiger partial charge is 0.322 e. The van der Waals surface area contributed by atoms with Gasteiger partial charge >= 0.3 is 5.97 Å². The molecule has 0 bridgehead atoms. The van der Waals surface area contributed by atoms with Crippen LogP contribution in [0, 0.1) is 11.8 Å². The summed E-state index contributed by atoms with van der Waals surface area (Å²) in [7, 11) is 9.19. The van der Waals surface area contributed by atoms with Crippen molar-refractivity contribution in [3.05, 3.63) is 46.5 Å². The average Bonchev–Trinajstić information content (AvgIpc) is 2.96. The van der Waals surface area contributed by atoms with Gasteiger partial charge in [0.05, 0.1) is 54.6 Å². The molecule has 1 saturated heterocycles. The number of nitrogens with zero attached hydrogens (tertiary/aromatic N) is 2. The van der Waals surface area contributed by atoms with Gasteiger partial charge in [0.25, 0.3) is 0 Å². The maximum atomic E-state index is 12.2. The second-order valence-electron chi connectivity index (χ2n) is 11.9. The number of carbonyl (C=O) groups is 1. The predicted molar refractivity (Wildman–Crippen MR) is 168 cm³/mol. The number of quaternary nitrogens is 1. The van der Waals surface area contributed by atoms with Gasteiger partial charge < -0.3 is 28.3 Å². The highest BCUT2D eigenvalue weighted by Gasteiger charge is 2.49. The summed E-state index contributed by atoms with van der Waals surface area (Å²) in [5.74, 6) is 3.80. The Balaban J connectivity index is 0.00000387. The molecule has 0 spiro atoms. The molecule has 226 valence electrons. The zero-order valence-corrected chi connectivity index (χ0v) is 27.9. The molecule has 2 aromatic rings. The molecule has 3 heterocycles. The highest BCUT2D eigenvalue weighted by molar-refractivity contribution is 14.0. The fraction of sp³-hybridized carbons (Fsp3) is 0.594. The molecule has 41 heavy (non-hydrogen) atoms. The molecule has 9 heteroatoms. The Morgan fingerprint density at radius 2 is 1.44 bits per heavy atom. The van der Waals surface area contributed by atoms with E-state index in [0.29, 0.717) is 30.2 Å². The number of hydroxylamine groups is 2. The normalized spacial score (nSPS) is 26.9. The number of likely N-dealkylation sites (N-methyl/N-ethyl adjacent to an activating group) is 1. The van der Waals surface area contributed by atoms with Crippen LogP contribution in [0.5, 0.6) is 23.0 Å². The van der Waals surface area contributed by atoms with Crippen LogP contribution >= 0.6 is 24.0 Å². The summed E-state index contributed by atoms with van der Waals surface area (Å²) in [5.41, 5.74) is 5.15. The van der Waals surface area contributed by atoms with Gasteiger partial charge in [0.1, 0.15) is 6.04 Å². The Bertz CT molecular complexity index is 1260. The number of benzene rings is 2. The van der Waals surface area contributed by atoms with Crippen LogP contribution < -0.4 is 18.9 Å². The summed E-state index contributed by atoms with van der Waals surface area (Å²) in [6, 6.07) is 8.92. The fourth-order valence-corrected chi connectivity index (χ4v) is 7.66. The molecular weight excluding hydrogens is 635 g/mol. The van der Waals surface area contributed by atoms with E-state index in [1.807, 2.05) is 5.06 Å². The molecule has 0 saturated carbocycles. The minimum absolute atomic E-state index is 0. The molecule has 2 aromatic carbocycles. The van der Waals surface area contributed by atoms with Crippen molar-refractivity contribution in [2.24, 2.45) is 11.8 Å². The Morgan fingerprint density at radius 3 is 2.00 bits per heavy atom. The van der Waals surface area contributed by atoms with E-state index in [4.69, 9.17) is 23.8 Å². The minimum Gasteiger partial charge on any atom is -0.493 e. The standard InChI is InChI=1S/C32H45N2O6.HI/c1-8-21-19-34(3)12-10-23-16-30(37-5)32(39-7)18-26(23)28(34)14-24(21)13-27-25-17-31(38-6)29(36-4)15-22(25)9-11-33(27)40-20(2)35;/h15-18,21,24,27-28H,8-14,19H2,1-7H3;1H/q+1;/t21?,24?,27?,28-,34?;/m0./s1. The van der Waals surface area contributed by atoms with Crippen LogP contribution in [0.4, 0.5) is 0 Å². The number of hydrogen-bond acceptors (Lipinski definition) is 7. The fourth-order valence-electron chi connectivity index (χ4n) is 7.66. The van der Waals surface area contributed by atoms with Crippen LogP contribution in [0.1, 0.15) is 67.4 Å². The highest BCUT2D eigenvalue weighted by Crippen LogP contribution is 2.51. The lowest BCUT2D eigenvalue weighted by molar-refractivity contribution is -0.951. The lowest BCUT2D eigenvalue weighted by Crippen LogP contribution is -2.58. The number of rotatable bonds is 8. The van der Waals surface area contributed by atoms with Crippen molar-refractivity contribution in [1.29, 1.82) is 0 Å². The predicted octanol–water partition coefficient (Wildman–Crippen LogP) is 5.90. The lowest BCUT2D eigenvalue weighted by atomic mass is 9.71. The molecule has 0 aliphatic carbocycles. The molecule has 0 aromatic heterocycles. The molecule has 8 nitrogen and oxygen atoms in total. The molecule has 5 atom stereocenters. The van der Waals surface area contributed by atoms with Gasteiger partial charge in [-0.2, -0.15) is 0 Å². The van der Waals surface area contributed by atoms with Gasteiger partial charge in [-0.3, -0.25) is 4.79 Å². The Kier molecular flexibility index (Phi) is 10.0. The zero-order valence-electron chi connectivity index (χ0n) is 25.5. The van der Waals surface area contributed by atoms with Gasteiger partial charge in [0.2, 0.25) is 0 Å². The molecule has 0 amide bonds. The first-order valence-electron chi connectivity index (χ1n) is 14.5. The SMILES string of the molecule is CCC1C[N+]2(C)CCc3cc(OC)c(OC)cc3[C@@H]2CC1CC1c2cc(OC)c(OC)cc2CCN1OC(C)=O.I. The van der Waals surface area contributed by atoms with E-state index < -0.39 is 0 Å². The topological polar surface area (TPSA) is 66.5 Å². The number of hydrogen-bond donors (Lipinski definition) is 0. The number of fused-ring (bicyclic) bond motifs is 4. The average molecular weight is 682 g/mol. The van der Waals surface area contributed by atoms with Gasteiger partial charge in [0, 0.05) is 37.8 Å². The summed E-state index contributed by atoms with van der Waals surface area (Å²) in [6.07, 6.45) is 4.94. The van der Waals surface area contributed by atoms with E-state index in [-0.39, 0.29) is 36.0 Å². The van der Waals surface area contributed by atoms with Gasteiger partial charge in [0.15, 0.2) is 23.0 Å². The van der Waals surface area contributed by atoms with Crippen molar-refractivity contribution < 1.29 is 33.1 Å². The van der Waals surface area contributed by atoms with Gasteiger partial charge in [-0.05, 0) is 66.1 Å². The van der Waals surface area contributed by atoms with Crippen molar-refractivity contribution in [2.75, 3.05) is 55.1 Å². The summed E-state index contributed by atoms with van der Waals surface area (Å²) in [4.78, 5) is 18.0. The van der Waals surface area contributed by atoms with Gasteiger partial charge in [-0.1, -0.05) is 6.92 Å². The van der Waals surface area contributed by atoms with Crippen LogP contribution in [-0.4, -0.2) is 70.6 Å². The number of methoxy groups -OCH3 is 4. The Hall–Kier alpha value is -2.24. The Morgan fingerprint density at radius 1 is 0.878 bits per heavy atom. The van der Waals surface area contributed by atoms with Crippen molar-refractivity contribution in [3.63, 3.8) is 0 Å². The third kappa shape index (κ3) is 5.99. The monoisotopic (exact) mass is 681 g/mol.